The van der Waals surface area contributed by atoms with Gasteiger partial charge in [-0.3, -0.25) is 9.36 Å². The van der Waals surface area contributed by atoms with Gasteiger partial charge in [0.05, 0.1) is 18.6 Å². The first-order valence-electron chi connectivity index (χ1n) is 10.5. The van der Waals surface area contributed by atoms with Crippen LogP contribution in [-0.2, 0) is 17.8 Å². The summed E-state index contributed by atoms with van der Waals surface area (Å²) in [4.78, 5) is 14.5. The van der Waals surface area contributed by atoms with E-state index < -0.39 is 0 Å². The molecule has 0 atom stereocenters. The standard InChI is InChI=1S/C25H26N4O2S/c1-4-19-7-5-6-8-23(19)29-17-26-27-25(29)32-16-24(30)28(2)15-18-9-10-21-14-22(31-3)12-11-20(21)13-18/h5-14,17H,4,15-16H2,1-3H3. The van der Waals surface area contributed by atoms with Gasteiger partial charge in [0, 0.05) is 13.6 Å². The summed E-state index contributed by atoms with van der Waals surface area (Å²) in [5, 5.41) is 11.2. The molecular formula is C25H26N4O2S. The van der Waals surface area contributed by atoms with Gasteiger partial charge < -0.3 is 9.64 Å². The van der Waals surface area contributed by atoms with Gasteiger partial charge in [-0.15, -0.1) is 10.2 Å². The van der Waals surface area contributed by atoms with Crippen LogP contribution in [0.15, 0.2) is 72.1 Å². The van der Waals surface area contributed by atoms with Gasteiger partial charge in [-0.1, -0.05) is 55.1 Å². The first-order valence-corrected chi connectivity index (χ1v) is 11.5. The van der Waals surface area contributed by atoms with Crippen LogP contribution in [-0.4, -0.2) is 45.5 Å². The number of aryl methyl sites for hydroxylation is 1. The van der Waals surface area contributed by atoms with Gasteiger partial charge >= 0.3 is 0 Å². The Labute approximate surface area is 192 Å². The van der Waals surface area contributed by atoms with Crippen LogP contribution in [0.5, 0.6) is 5.75 Å². The first-order chi connectivity index (χ1) is 15.6. The summed E-state index contributed by atoms with van der Waals surface area (Å²) in [7, 11) is 3.50. The fourth-order valence-electron chi connectivity index (χ4n) is 3.63. The second-order valence-corrected chi connectivity index (χ2v) is 8.49. The van der Waals surface area contributed by atoms with E-state index in [2.05, 4.69) is 47.5 Å². The zero-order chi connectivity index (χ0) is 22.5. The van der Waals surface area contributed by atoms with E-state index in [4.69, 9.17) is 4.74 Å². The van der Waals surface area contributed by atoms with Crippen LogP contribution in [0.4, 0.5) is 0 Å². The summed E-state index contributed by atoms with van der Waals surface area (Å²) in [5.41, 5.74) is 3.35. The zero-order valence-electron chi connectivity index (χ0n) is 18.5. The van der Waals surface area contributed by atoms with Crippen molar-refractivity contribution >= 4 is 28.4 Å². The molecule has 0 unspecified atom stereocenters. The van der Waals surface area contributed by atoms with Gasteiger partial charge in [0.25, 0.3) is 0 Å². The number of fused-ring (bicyclic) bond motifs is 1. The van der Waals surface area contributed by atoms with Crippen molar-refractivity contribution in [2.75, 3.05) is 19.9 Å². The van der Waals surface area contributed by atoms with E-state index in [1.165, 1.54) is 17.3 Å². The van der Waals surface area contributed by atoms with Gasteiger partial charge in [0.2, 0.25) is 5.91 Å². The summed E-state index contributed by atoms with van der Waals surface area (Å²) in [6.07, 6.45) is 2.62. The second-order valence-electron chi connectivity index (χ2n) is 7.55. The van der Waals surface area contributed by atoms with Crippen molar-refractivity contribution < 1.29 is 9.53 Å². The van der Waals surface area contributed by atoms with E-state index in [1.807, 2.05) is 41.9 Å². The molecule has 0 saturated heterocycles. The van der Waals surface area contributed by atoms with Crippen LogP contribution in [0, 0.1) is 0 Å². The summed E-state index contributed by atoms with van der Waals surface area (Å²) in [5.74, 6) is 1.18. The molecule has 1 heterocycles. The Kier molecular flexibility index (Phi) is 6.75. The zero-order valence-corrected chi connectivity index (χ0v) is 19.3. The first kappa shape index (κ1) is 21.9. The fourth-order valence-corrected chi connectivity index (χ4v) is 4.49. The average molecular weight is 447 g/mol. The maximum atomic E-state index is 12.8. The monoisotopic (exact) mass is 446 g/mol. The Morgan fingerprint density at radius 2 is 1.88 bits per heavy atom. The molecule has 0 radical (unpaired) electrons. The molecule has 0 spiro atoms. The molecule has 3 aromatic carbocycles. The Bertz CT molecular complexity index is 1240. The smallest absolute Gasteiger partial charge is 0.233 e. The molecule has 164 valence electrons. The van der Waals surface area contributed by atoms with Crippen LogP contribution >= 0.6 is 11.8 Å². The molecule has 0 N–H and O–H groups in total. The lowest BCUT2D eigenvalue weighted by molar-refractivity contribution is -0.127. The van der Waals surface area contributed by atoms with Crippen molar-refractivity contribution in [2.45, 2.75) is 25.0 Å². The number of carbonyl (C=O) groups is 1. The van der Waals surface area contributed by atoms with Crippen LogP contribution in [0.1, 0.15) is 18.1 Å². The third kappa shape index (κ3) is 4.78. The van der Waals surface area contributed by atoms with Crippen LogP contribution < -0.4 is 4.74 Å². The van der Waals surface area contributed by atoms with Crippen LogP contribution in [0.2, 0.25) is 0 Å². The molecular weight excluding hydrogens is 420 g/mol. The minimum Gasteiger partial charge on any atom is -0.497 e. The number of methoxy groups -OCH3 is 1. The van der Waals surface area contributed by atoms with Crippen molar-refractivity contribution in [1.29, 1.82) is 0 Å². The SMILES string of the molecule is CCc1ccccc1-n1cnnc1SCC(=O)N(C)Cc1ccc2cc(OC)ccc2c1. The molecule has 0 saturated carbocycles. The molecule has 0 aliphatic heterocycles. The predicted molar refractivity (Wildman–Crippen MR) is 128 cm³/mol. The normalized spacial score (nSPS) is 11.0. The van der Waals surface area contributed by atoms with Gasteiger partial charge in [-0.2, -0.15) is 0 Å². The molecule has 0 bridgehead atoms. The van der Waals surface area contributed by atoms with Crippen molar-refractivity contribution in [3.8, 4) is 11.4 Å². The third-order valence-electron chi connectivity index (χ3n) is 5.43. The summed E-state index contributed by atoms with van der Waals surface area (Å²) >= 11 is 1.41. The highest BCUT2D eigenvalue weighted by Crippen LogP contribution is 2.24. The number of amides is 1. The number of nitrogens with zero attached hydrogens (tertiary/aromatic N) is 4. The molecule has 0 aliphatic rings. The van der Waals surface area contributed by atoms with Crippen LogP contribution in [0.3, 0.4) is 0 Å². The summed E-state index contributed by atoms with van der Waals surface area (Å²) in [6.45, 7) is 2.67. The maximum Gasteiger partial charge on any atom is 0.233 e. The van der Waals surface area contributed by atoms with Crippen molar-refractivity contribution in [2.24, 2.45) is 0 Å². The third-order valence-corrected chi connectivity index (χ3v) is 6.36. The Morgan fingerprint density at radius 1 is 1.09 bits per heavy atom. The molecule has 4 rings (SSSR count). The van der Waals surface area contributed by atoms with Crippen molar-refractivity contribution in [3.63, 3.8) is 0 Å². The molecule has 0 aliphatic carbocycles. The number of carbonyl (C=O) groups excluding carboxylic acids is 1. The van der Waals surface area contributed by atoms with E-state index in [1.54, 1.807) is 18.3 Å². The highest BCUT2D eigenvalue weighted by atomic mass is 32.2. The lowest BCUT2D eigenvalue weighted by Gasteiger charge is -2.18. The number of thioether (sulfide) groups is 1. The van der Waals surface area contributed by atoms with E-state index in [0.717, 1.165) is 34.2 Å². The number of ether oxygens (including phenoxy) is 1. The molecule has 1 aromatic heterocycles. The Morgan fingerprint density at radius 3 is 2.69 bits per heavy atom. The molecule has 6 nitrogen and oxygen atoms in total. The van der Waals surface area contributed by atoms with Crippen molar-refractivity contribution in [1.82, 2.24) is 19.7 Å². The predicted octanol–water partition coefficient (Wildman–Crippen LogP) is 4.74. The van der Waals surface area contributed by atoms with Gasteiger partial charge in [-0.25, -0.2) is 0 Å². The lowest BCUT2D eigenvalue weighted by atomic mass is 10.1. The number of hydrogen-bond acceptors (Lipinski definition) is 5. The topological polar surface area (TPSA) is 60.2 Å². The Hall–Kier alpha value is -3.32. The van der Waals surface area contributed by atoms with E-state index >= 15 is 0 Å². The van der Waals surface area contributed by atoms with E-state index in [0.29, 0.717) is 17.5 Å². The minimum absolute atomic E-state index is 0.0446. The second kappa shape index (κ2) is 9.87. The number of rotatable bonds is 8. The van der Waals surface area contributed by atoms with Crippen LogP contribution in [0.25, 0.3) is 16.5 Å². The van der Waals surface area contributed by atoms with Gasteiger partial charge in [0.1, 0.15) is 12.1 Å². The molecule has 0 fully saturated rings. The lowest BCUT2D eigenvalue weighted by Crippen LogP contribution is -2.27. The molecule has 7 heteroatoms. The summed E-state index contributed by atoms with van der Waals surface area (Å²) in [6, 6.07) is 20.4. The van der Waals surface area contributed by atoms with Gasteiger partial charge in [0.15, 0.2) is 5.16 Å². The van der Waals surface area contributed by atoms with E-state index in [-0.39, 0.29) is 5.91 Å². The minimum atomic E-state index is 0.0446. The highest BCUT2D eigenvalue weighted by molar-refractivity contribution is 7.99. The van der Waals surface area contributed by atoms with Gasteiger partial charge in [-0.05, 0) is 52.6 Å². The molecule has 1 amide bonds. The van der Waals surface area contributed by atoms with E-state index in [9.17, 15) is 4.79 Å². The number of benzene rings is 3. The quantitative estimate of drug-likeness (QED) is 0.366. The molecule has 32 heavy (non-hydrogen) atoms. The van der Waals surface area contributed by atoms with Crippen molar-refractivity contribution in [3.05, 3.63) is 78.1 Å². The average Bonchev–Trinajstić information content (AvgIpc) is 3.30. The number of para-hydroxylation sites is 1. The fraction of sp³-hybridized carbons (Fsp3) is 0.240. The Balaban J connectivity index is 1.41. The molecule has 4 aromatic rings. The number of aromatic nitrogens is 3. The summed E-state index contributed by atoms with van der Waals surface area (Å²) < 4.78 is 7.24. The number of hydrogen-bond donors (Lipinski definition) is 0. The largest absolute Gasteiger partial charge is 0.497 e. The maximum absolute atomic E-state index is 12.8. The highest BCUT2D eigenvalue weighted by Gasteiger charge is 2.15.